The number of halogens is 3. The van der Waals surface area contributed by atoms with Crippen molar-refractivity contribution >= 4 is 0 Å². The summed E-state index contributed by atoms with van der Waals surface area (Å²) >= 11 is 0. The van der Waals surface area contributed by atoms with Crippen LogP contribution in [0, 0.1) is 24.4 Å². The van der Waals surface area contributed by atoms with Crippen LogP contribution in [0.2, 0.25) is 0 Å². The van der Waals surface area contributed by atoms with Gasteiger partial charge in [0.1, 0.15) is 17.5 Å². The van der Waals surface area contributed by atoms with Gasteiger partial charge in [0.05, 0.1) is 0 Å². The second kappa shape index (κ2) is 5.29. The van der Waals surface area contributed by atoms with E-state index in [0.717, 1.165) is 0 Å². The van der Waals surface area contributed by atoms with Gasteiger partial charge in [-0.25, -0.2) is 13.2 Å². The first-order valence-electron chi connectivity index (χ1n) is 6.29. The van der Waals surface area contributed by atoms with Crippen LogP contribution in [0.3, 0.4) is 0 Å². The SMILES string of the molecule is Cc1ccc(C(C)(N)Cc2c(F)cccc2F)cc1F. The Labute approximate surface area is 116 Å². The van der Waals surface area contributed by atoms with Crippen LogP contribution in [0.15, 0.2) is 36.4 Å². The Morgan fingerprint density at radius 1 is 1.00 bits per heavy atom. The molecule has 20 heavy (non-hydrogen) atoms. The van der Waals surface area contributed by atoms with Gasteiger partial charge in [0.2, 0.25) is 0 Å². The second-order valence-electron chi connectivity index (χ2n) is 5.26. The van der Waals surface area contributed by atoms with Gasteiger partial charge in [-0.05, 0) is 43.2 Å². The van der Waals surface area contributed by atoms with Crippen LogP contribution in [0.25, 0.3) is 0 Å². The van der Waals surface area contributed by atoms with Crippen molar-refractivity contribution in [3.63, 3.8) is 0 Å². The zero-order valence-corrected chi connectivity index (χ0v) is 11.4. The molecule has 0 aliphatic heterocycles. The molecular formula is C16H16F3N. The summed E-state index contributed by atoms with van der Waals surface area (Å²) in [7, 11) is 0. The summed E-state index contributed by atoms with van der Waals surface area (Å²) in [5, 5.41) is 0. The molecule has 0 aliphatic rings. The van der Waals surface area contributed by atoms with Gasteiger partial charge in [-0.15, -0.1) is 0 Å². The fourth-order valence-corrected chi connectivity index (χ4v) is 2.12. The monoisotopic (exact) mass is 279 g/mol. The van der Waals surface area contributed by atoms with Gasteiger partial charge in [-0.1, -0.05) is 18.2 Å². The van der Waals surface area contributed by atoms with Crippen LogP contribution >= 0.6 is 0 Å². The summed E-state index contributed by atoms with van der Waals surface area (Å²) in [5.74, 6) is -1.67. The molecule has 0 saturated carbocycles. The molecular weight excluding hydrogens is 263 g/mol. The number of rotatable bonds is 3. The molecule has 1 atom stereocenters. The second-order valence-corrected chi connectivity index (χ2v) is 5.26. The van der Waals surface area contributed by atoms with Crippen LogP contribution in [-0.4, -0.2) is 0 Å². The Morgan fingerprint density at radius 3 is 2.15 bits per heavy atom. The Morgan fingerprint density at radius 2 is 1.60 bits per heavy atom. The number of benzene rings is 2. The minimum Gasteiger partial charge on any atom is -0.321 e. The van der Waals surface area contributed by atoms with Gasteiger partial charge in [-0.3, -0.25) is 0 Å². The molecule has 0 heterocycles. The van der Waals surface area contributed by atoms with Crippen LogP contribution in [0.1, 0.15) is 23.6 Å². The quantitative estimate of drug-likeness (QED) is 0.908. The van der Waals surface area contributed by atoms with E-state index >= 15 is 0 Å². The van der Waals surface area contributed by atoms with Crippen molar-refractivity contribution in [3.8, 4) is 0 Å². The number of hydrogen-bond acceptors (Lipinski definition) is 1. The third-order valence-corrected chi connectivity index (χ3v) is 3.44. The predicted octanol–water partition coefficient (Wildman–Crippen LogP) is 3.83. The lowest BCUT2D eigenvalue weighted by Gasteiger charge is -2.26. The summed E-state index contributed by atoms with van der Waals surface area (Å²) in [4.78, 5) is 0. The average molecular weight is 279 g/mol. The van der Waals surface area contributed by atoms with Crippen molar-refractivity contribution in [2.75, 3.05) is 0 Å². The first-order valence-corrected chi connectivity index (χ1v) is 6.29. The van der Waals surface area contributed by atoms with Crippen molar-refractivity contribution in [3.05, 3.63) is 70.5 Å². The Hall–Kier alpha value is -1.81. The van der Waals surface area contributed by atoms with E-state index in [1.54, 1.807) is 26.0 Å². The molecule has 1 nitrogen and oxygen atoms in total. The smallest absolute Gasteiger partial charge is 0.129 e. The number of hydrogen-bond donors (Lipinski definition) is 1. The molecule has 0 amide bonds. The molecule has 0 spiro atoms. The van der Waals surface area contributed by atoms with Crippen molar-refractivity contribution in [2.45, 2.75) is 25.8 Å². The fourth-order valence-electron chi connectivity index (χ4n) is 2.12. The van der Waals surface area contributed by atoms with E-state index in [0.29, 0.717) is 11.1 Å². The van der Waals surface area contributed by atoms with Crippen molar-refractivity contribution in [1.82, 2.24) is 0 Å². The van der Waals surface area contributed by atoms with Crippen LogP contribution in [-0.2, 0) is 12.0 Å². The Kier molecular flexibility index (Phi) is 3.86. The largest absolute Gasteiger partial charge is 0.321 e. The first kappa shape index (κ1) is 14.6. The summed E-state index contributed by atoms with van der Waals surface area (Å²) < 4.78 is 40.9. The van der Waals surface area contributed by atoms with E-state index in [2.05, 4.69) is 0 Å². The molecule has 2 N–H and O–H groups in total. The molecule has 2 aromatic rings. The number of nitrogens with two attached hydrogens (primary N) is 1. The van der Waals surface area contributed by atoms with Gasteiger partial charge in [0.25, 0.3) is 0 Å². The molecule has 0 aliphatic carbocycles. The maximum atomic E-state index is 13.7. The van der Waals surface area contributed by atoms with Gasteiger partial charge in [-0.2, -0.15) is 0 Å². The van der Waals surface area contributed by atoms with E-state index < -0.39 is 17.2 Å². The Bertz CT molecular complexity index is 615. The maximum Gasteiger partial charge on any atom is 0.129 e. The standard InChI is InChI=1S/C16H16F3N/c1-10-6-7-11(8-15(10)19)16(2,20)9-12-13(17)4-3-5-14(12)18/h3-8H,9,20H2,1-2H3. The van der Waals surface area contributed by atoms with E-state index in [1.165, 1.54) is 24.3 Å². The number of aryl methyl sites for hydroxylation is 1. The fraction of sp³-hybridized carbons (Fsp3) is 0.250. The highest BCUT2D eigenvalue weighted by Gasteiger charge is 2.25. The van der Waals surface area contributed by atoms with E-state index in [1.807, 2.05) is 0 Å². The van der Waals surface area contributed by atoms with Crippen LogP contribution in [0.4, 0.5) is 13.2 Å². The minimum absolute atomic E-state index is 0.0476. The highest BCUT2D eigenvalue weighted by molar-refractivity contribution is 5.32. The van der Waals surface area contributed by atoms with E-state index in [-0.39, 0.29) is 17.8 Å². The molecule has 0 bridgehead atoms. The summed E-state index contributed by atoms with van der Waals surface area (Å²) in [6, 6.07) is 8.26. The lowest BCUT2D eigenvalue weighted by Crippen LogP contribution is -2.36. The highest BCUT2D eigenvalue weighted by Crippen LogP contribution is 2.26. The zero-order valence-electron chi connectivity index (χ0n) is 11.4. The first-order chi connectivity index (χ1) is 9.31. The van der Waals surface area contributed by atoms with Gasteiger partial charge in [0, 0.05) is 17.5 Å². The highest BCUT2D eigenvalue weighted by atomic mass is 19.1. The normalized spacial score (nSPS) is 14.1. The average Bonchev–Trinajstić information content (AvgIpc) is 2.37. The van der Waals surface area contributed by atoms with Crippen molar-refractivity contribution < 1.29 is 13.2 Å². The van der Waals surface area contributed by atoms with Gasteiger partial charge >= 0.3 is 0 Å². The molecule has 1 unspecified atom stereocenters. The van der Waals surface area contributed by atoms with Crippen LogP contribution in [0.5, 0.6) is 0 Å². The van der Waals surface area contributed by atoms with Gasteiger partial charge < -0.3 is 5.73 Å². The minimum atomic E-state index is -1.06. The Balaban J connectivity index is 2.37. The molecule has 0 fully saturated rings. The summed E-state index contributed by atoms with van der Waals surface area (Å²) in [6.45, 7) is 3.27. The van der Waals surface area contributed by atoms with Crippen molar-refractivity contribution in [2.24, 2.45) is 5.73 Å². The van der Waals surface area contributed by atoms with E-state index in [4.69, 9.17) is 5.73 Å². The molecule has 0 aromatic heterocycles. The predicted molar refractivity (Wildman–Crippen MR) is 72.7 cm³/mol. The maximum absolute atomic E-state index is 13.7. The molecule has 2 aromatic carbocycles. The van der Waals surface area contributed by atoms with E-state index in [9.17, 15) is 13.2 Å². The summed E-state index contributed by atoms with van der Waals surface area (Å²) in [6.07, 6.45) is -0.0476. The molecule has 0 radical (unpaired) electrons. The topological polar surface area (TPSA) is 26.0 Å². The molecule has 4 heteroatoms. The summed E-state index contributed by atoms with van der Waals surface area (Å²) in [5.41, 5.74) is 5.99. The third-order valence-electron chi connectivity index (χ3n) is 3.44. The van der Waals surface area contributed by atoms with Gasteiger partial charge in [0.15, 0.2) is 0 Å². The molecule has 2 rings (SSSR count). The third kappa shape index (κ3) is 2.85. The molecule has 106 valence electrons. The van der Waals surface area contributed by atoms with Crippen LogP contribution < -0.4 is 5.73 Å². The lowest BCUT2D eigenvalue weighted by atomic mass is 9.86. The lowest BCUT2D eigenvalue weighted by molar-refractivity contribution is 0.452. The van der Waals surface area contributed by atoms with Crippen molar-refractivity contribution in [1.29, 1.82) is 0 Å². The molecule has 0 saturated heterocycles. The zero-order chi connectivity index (χ0) is 14.9.